The van der Waals surface area contributed by atoms with E-state index in [9.17, 15) is 18.0 Å². The van der Waals surface area contributed by atoms with Gasteiger partial charge in [-0.3, -0.25) is 4.79 Å². The Hall–Kier alpha value is -1.88. The molecule has 0 fully saturated rings. The van der Waals surface area contributed by atoms with Crippen LogP contribution in [0, 0.1) is 0 Å². The van der Waals surface area contributed by atoms with E-state index >= 15 is 0 Å². The van der Waals surface area contributed by atoms with E-state index in [-0.39, 0.29) is 11.3 Å². The van der Waals surface area contributed by atoms with Crippen LogP contribution >= 0.6 is 11.3 Å². The molecule has 0 atom stereocenters. The summed E-state index contributed by atoms with van der Waals surface area (Å²) in [6.45, 7) is 0. The summed E-state index contributed by atoms with van der Waals surface area (Å²) in [6.07, 6.45) is -2.06. The fourth-order valence-corrected chi connectivity index (χ4v) is 2.21. The fourth-order valence-electron chi connectivity index (χ4n) is 1.57. The van der Waals surface area contributed by atoms with Gasteiger partial charge < -0.3 is 0 Å². The molecule has 1 heterocycles. The second-order valence-electron chi connectivity index (χ2n) is 3.76. The Labute approximate surface area is 112 Å². The van der Waals surface area contributed by atoms with Gasteiger partial charge in [-0.15, -0.1) is 11.3 Å². The molecule has 2 rings (SSSR count). The SMILES string of the molecule is O=C(C=Cc1ccccc1C(F)(F)F)c1cccs1. The van der Waals surface area contributed by atoms with Crippen molar-refractivity contribution in [1.82, 2.24) is 0 Å². The highest BCUT2D eigenvalue weighted by Crippen LogP contribution is 2.32. The minimum atomic E-state index is -4.42. The van der Waals surface area contributed by atoms with Crippen LogP contribution in [0.1, 0.15) is 20.8 Å². The van der Waals surface area contributed by atoms with Crippen LogP contribution in [0.5, 0.6) is 0 Å². The third kappa shape index (κ3) is 3.32. The number of allylic oxidation sites excluding steroid dienone is 1. The van der Waals surface area contributed by atoms with E-state index in [2.05, 4.69) is 0 Å². The van der Waals surface area contributed by atoms with E-state index in [0.29, 0.717) is 4.88 Å². The maximum Gasteiger partial charge on any atom is 0.416 e. The molecule has 0 amide bonds. The zero-order valence-corrected chi connectivity index (χ0v) is 10.5. The summed E-state index contributed by atoms with van der Waals surface area (Å²) in [7, 11) is 0. The third-order valence-corrected chi connectivity index (χ3v) is 3.33. The number of hydrogen-bond acceptors (Lipinski definition) is 2. The Kier molecular flexibility index (Phi) is 3.85. The Morgan fingerprint density at radius 1 is 1.11 bits per heavy atom. The van der Waals surface area contributed by atoms with Crippen LogP contribution in [-0.2, 0) is 6.18 Å². The lowest BCUT2D eigenvalue weighted by Gasteiger charge is -2.09. The number of halogens is 3. The smallest absolute Gasteiger partial charge is 0.288 e. The molecule has 0 bridgehead atoms. The molecule has 0 aliphatic rings. The fraction of sp³-hybridized carbons (Fsp3) is 0.0714. The van der Waals surface area contributed by atoms with Crippen LogP contribution in [0.3, 0.4) is 0 Å². The maximum atomic E-state index is 12.7. The molecule has 19 heavy (non-hydrogen) atoms. The van der Waals surface area contributed by atoms with Crippen LogP contribution in [0.15, 0.2) is 47.9 Å². The lowest BCUT2D eigenvalue weighted by atomic mass is 10.1. The number of thiophene rings is 1. The molecule has 0 radical (unpaired) electrons. The van der Waals surface area contributed by atoms with E-state index in [0.717, 1.165) is 12.1 Å². The highest BCUT2D eigenvalue weighted by atomic mass is 32.1. The largest absolute Gasteiger partial charge is 0.416 e. The lowest BCUT2D eigenvalue weighted by molar-refractivity contribution is -0.137. The topological polar surface area (TPSA) is 17.1 Å². The Morgan fingerprint density at radius 2 is 1.84 bits per heavy atom. The summed E-state index contributed by atoms with van der Waals surface area (Å²) in [4.78, 5) is 12.2. The molecule has 2 aromatic rings. The van der Waals surface area contributed by atoms with E-state index in [1.165, 1.54) is 35.6 Å². The Bertz CT molecular complexity index is 597. The van der Waals surface area contributed by atoms with Crippen molar-refractivity contribution in [3.05, 3.63) is 63.9 Å². The molecule has 0 N–H and O–H groups in total. The van der Waals surface area contributed by atoms with Crippen LogP contribution in [-0.4, -0.2) is 5.78 Å². The van der Waals surface area contributed by atoms with Gasteiger partial charge in [-0.05, 0) is 29.2 Å². The first-order valence-corrected chi connectivity index (χ1v) is 6.28. The number of ketones is 1. The number of alkyl halides is 3. The van der Waals surface area contributed by atoms with Gasteiger partial charge in [-0.2, -0.15) is 13.2 Å². The van der Waals surface area contributed by atoms with Crippen molar-refractivity contribution < 1.29 is 18.0 Å². The zero-order chi connectivity index (χ0) is 13.9. The van der Waals surface area contributed by atoms with Gasteiger partial charge in [0.25, 0.3) is 0 Å². The van der Waals surface area contributed by atoms with Gasteiger partial charge in [0.05, 0.1) is 10.4 Å². The highest BCUT2D eigenvalue weighted by Gasteiger charge is 2.32. The summed E-state index contributed by atoms with van der Waals surface area (Å²) in [5, 5.41) is 1.74. The molecular formula is C14H9F3OS. The van der Waals surface area contributed by atoms with E-state index in [4.69, 9.17) is 0 Å². The molecule has 1 aromatic heterocycles. The summed E-state index contributed by atoms with van der Waals surface area (Å²) < 4.78 is 38.2. The Balaban J connectivity index is 2.27. The number of rotatable bonds is 3. The third-order valence-electron chi connectivity index (χ3n) is 2.44. The predicted octanol–water partition coefficient (Wildman–Crippen LogP) is 4.66. The Morgan fingerprint density at radius 3 is 2.47 bits per heavy atom. The average molecular weight is 282 g/mol. The number of benzene rings is 1. The van der Waals surface area contributed by atoms with E-state index in [1.54, 1.807) is 17.5 Å². The zero-order valence-electron chi connectivity index (χ0n) is 9.65. The van der Waals surface area contributed by atoms with Crippen molar-refractivity contribution in [3.63, 3.8) is 0 Å². The van der Waals surface area contributed by atoms with Crippen molar-refractivity contribution in [2.24, 2.45) is 0 Å². The summed E-state index contributed by atoms with van der Waals surface area (Å²) >= 11 is 1.25. The molecule has 0 saturated carbocycles. The second kappa shape index (κ2) is 5.40. The standard InChI is InChI=1S/C14H9F3OS/c15-14(16,17)11-5-2-1-4-10(11)7-8-12(18)13-6-3-9-19-13/h1-9H. The van der Waals surface area contributed by atoms with Crippen molar-refractivity contribution in [2.45, 2.75) is 6.18 Å². The molecule has 1 aromatic carbocycles. The van der Waals surface area contributed by atoms with Gasteiger partial charge in [-0.1, -0.05) is 30.3 Å². The normalized spacial score (nSPS) is 11.9. The summed E-state index contributed by atoms with van der Waals surface area (Å²) in [6, 6.07) is 8.50. The van der Waals surface area contributed by atoms with Gasteiger partial charge >= 0.3 is 6.18 Å². The van der Waals surface area contributed by atoms with Gasteiger partial charge in [0, 0.05) is 0 Å². The molecule has 0 aliphatic carbocycles. The monoisotopic (exact) mass is 282 g/mol. The average Bonchev–Trinajstić information content (AvgIpc) is 2.89. The first kappa shape index (κ1) is 13.5. The molecule has 98 valence electrons. The minimum absolute atomic E-state index is 0.0140. The molecule has 5 heteroatoms. The van der Waals surface area contributed by atoms with Crippen LogP contribution in [0.2, 0.25) is 0 Å². The van der Waals surface area contributed by atoms with Crippen molar-refractivity contribution >= 4 is 23.2 Å². The van der Waals surface area contributed by atoms with Crippen molar-refractivity contribution in [3.8, 4) is 0 Å². The number of carbonyl (C=O) groups is 1. The summed E-state index contributed by atoms with van der Waals surface area (Å²) in [5.41, 5.74) is -0.759. The van der Waals surface area contributed by atoms with Gasteiger partial charge in [0.15, 0.2) is 5.78 Å². The first-order valence-electron chi connectivity index (χ1n) is 5.40. The first-order chi connectivity index (χ1) is 8.98. The van der Waals surface area contributed by atoms with Gasteiger partial charge in [0.2, 0.25) is 0 Å². The van der Waals surface area contributed by atoms with Crippen LogP contribution in [0.25, 0.3) is 6.08 Å². The molecule has 0 aliphatic heterocycles. The quantitative estimate of drug-likeness (QED) is 0.591. The molecule has 1 nitrogen and oxygen atoms in total. The lowest BCUT2D eigenvalue weighted by Crippen LogP contribution is -2.07. The van der Waals surface area contributed by atoms with Crippen molar-refractivity contribution in [1.29, 1.82) is 0 Å². The van der Waals surface area contributed by atoms with Gasteiger partial charge in [0.1, 0.15) is 0 Å². The van der Waals surface area contributed by atoms with Crippen LogP contribution < -0.4 is 0 Å². The molecule has 0 unspecified atom stereocenters. The van der Waals surface area contributed by atoms with E-state index in [1.807, 2.05) is 0 Å². The van der Waals surface area contributed by atoms with Crippen molar-refractivity contribution in [2.75, 3.05) is 0 Å². The molecule has 0 spiro atoms. The molecular weight excluding hydrogens is 273 g/mol. The maximum absolute atomic E-state index is 12.7. The number of carbonyl (C=O) groups excluding carboxylic acids is 1. The minimum Gasteiger partial charge on any atom is -0.288 e. The van der Waals surface area contributed by atoms with E-state index < -0.39 is 11.7 Å². The number of hydrogen-bond donors (Lipinski definition) is 0. The second-order valence-corrected chi connectivity index (χ2v) is 4.71. The van der Waals surface area contributed by atoms with Crippen LogP contribution in [0.4, 0.5) is 13.2 Å². The predicted molar refractivity (Wildman–Crippen MR) is 69.1 cm³/mol. The van der Waals surface area contributed by atoms with Gasteiger partial charge in [-0.25, -0.2) is 0 Å². The molecule has 0 saturated heterocycles. The summed E-state index contributed by atoms with van der Waals surface area (Å²) in [5.74, 6) is -0.299. The highest BCUT2D eigenvalue weighted by molar-refractivity contribution is 7.12.